The third-order valence-electron chi connectivity index (χ3n) is 3.14. The maximum Gasteiger partial charge on any atom is 0.338 e. The van der Waals surface area contributed by atoms with Crippen LogP contribution in [0.15, 0.2) is 46.9 Å². The molecule has 2 amide bonds. The number of benzene rings is 2. The lowest BCUT2D eigenvalue weighted by molar-refractivity contribution is -0.125. The van der Waals surface area contributed by atoms with E-state index in [0.717, 1.165) is 4.47 Å². The zero-order chi connectivity index (χ0) is 19.1. The fraction of sp³-hybridized carbons (Fsp3) is 0.118. The lowest BCUT2D eigenvalue weighted by Gasteiger charge is -2.11. The molecule has 0 radical (unpaired) electrons. The largest absolute Gasteiger partial charge is 0.496 e. The van der Waals surface area contributed by atoms with Crippen molar-refractivity contribution in [1.82, 2.24) is 10.9 Å². The molecule has 9 heteroatoms. The minimum absolute atomic E-state index is 0.146. The summed E-state index contributed by atoms with van der Waals surface area (Å²) in [5.74, 6) is -1.69. The van der Waals surface area contributed by atoms with Crippen LogP contribution in [0.5, 0.6) is 5.75 Å². The number of carbonyl (C=O) groups excluding carboxylic acids is 3. The quantitative estimate of drug-likeness (QED) is 0.550. The number of esters is 1. The summed E-state index contributed by atoms with van der Waals surface area (Å²) in [6, 6.07) is 10.9. The number of hydrazine groups is 1. The molecule has 0 aliphatic rings. The van der Waals surface area contributed by atoms with E-state index >= 15 is 0 Å². The molecule has 0 fully saturated rings. The molecule has 0 spiro atoms. The number of hydrogen-bond acceptors (Lipinski definition) is 5. The van der Waals surface area contributed by atoms with E-state index in [1.807, 2.05) is 0 Å². The summed E-state index contributed by atoms with van der Waals surface area (Å²) in [5, 5.41) is 0.339. The van der Waals surface area contributed by atoms with Crippen molar-refractivity contribution >= 4 is 45.3 Å². The van der Waals surface area contributed by atoms with E-state index in [9.17, 15) is 14.4 Å². The minimum Gasteiger partial charge on any atom is -0.496 e. The first kappa shape index (κ1) is 19.7. The Labute approximate surface area is 162 Å². The maximum absolute atomic E-state index is 12.1. The van der Waals surface area contributed by atoms with Crippen molar-refractivity contribution in [3.63, 3.8) is 0 Å². The maximum atomic E-state index is 12.1. The number of nitrogens with one attached hydrogen (secondary N) is 2. The molecular weight excluding hydrogens is 428 g/mol. The van der Waals surface area contributed by atoms with Gasteiger partial charge in [-0.15, -0.1) is 0 Å². The third kappa shape index (κ3) is 5.47. The normalized spacial score (nSPS) is 9.96. The number of rotatable bonds is 5. The summed E-state index contributed by atoms with van der Waals surface area (Å²) in [6.45, 7) is -0.554. The molecule has 0 aliphatic carbocycles. The Morgan fingerprint density at radius 3 is 2.42 bits per heavy atom. The average molecular weight is 442 g/mol. The van der Waals surface area contributed by atoms with Gasteiger partial charge < -0.3 is 9.47 Å². The van der Waals surface area contributed by atoms with Gasteiger partial charge in [0.15, 0.2) is 6.61 Å². The fourth-order valence-corrected chi connectivity index (χ4v) is 2.32. The molecule has 0 aliphatic heterocycles. The van der Waals surface area contributed by atoms with E-state index in [2.05, 4.69) is 26.8 Å². The molecule has 7 nitrogen and oxygen atoms in total. The molecule has 2 aromatic carbocycles. The standard InChI is InChI=1S/C17H14BrClN2O5/c1-25-14-7-6-12(19)8-13(14)16(23)21-20-15(22)9-26-17(24)10-2-4-11(18)5-3-10/h2-8H,9H2,1H3,(H,20,22)(H,21,23). The Morgan fingerprint density at radius 2 is 1.77 bits per heavy atom. The van der Waals surface area contributed by atoms with E-state index in [1.165, 1.54) is 19.2 Å². The van der Waals surface area contributed by atoms with Crippen molar-refractivity contribution in [3.8, 4) is 5.75 Å². The van der Waals surface area contributed by atoms with Crippen LogP contribution < -0.4 is 15.6 Å². The van der Waals surface area contributed by atoms with Crippen LogP contribution in [0, 0.1) is 0 Å². The SMILES string of the molecule is COc1ccc(Cl)cc1C(=O)NNC(=O)COC(=O)c1ccc(Br)cc1. The summed E-state index contributed by atoms with van der Waals surface area (Å²) in [7, 11) is 1.40. The van der Waals surface area contributed by atoms with Crippen LogP contribution in [0.1, 0.15) is 20.7 Å². The molecule has 26 heavy (non-hydrogen) atoms. The molecule has 0 aromatic heterocycles. The van der Waals surface area contributed by atoms with Crippen molar-refractivity contribution in [2.24, 2.45) is 0 Å². The van der Waals surface area contributed by atoms with Gasteiger partial charge in [-0.2, -0.15) is 0 Å². The van der Waals surface area contributed by atoms with Gasteiger partial charge in [-0.3, -0.25) is 20.4 Å². The predicted octanol–water partition coefficient (Wildman–Crippen LogP) is 2.73. The Bertz CT molecular complexity index is 826. The van der Waals surface area contributed by atoms with Crippen molar-refractivity contribution in [3.05, 3.63) is 63.1 Å². The molecule has 0 heterocycles. The van der Waals surface area contributed by atoms with Crippen LogP contribution in [0.2, 0.25) is 5.02 Å². The lowest BCUT2D eigenvalue weighted by Crippen LogP contribution is -2.43. The molecule has 2 aromatic rings. The Hall–Kier alpha value is -2.58. The van der Waals surface area contributed by atoms with Crippen molar-refractivity contribution in [2.75, 3.05) is 13.7 Å². The van der Waals surface area contributed by atoms with Gasteiger partial charge in [0.2, 0.25) is 0 Å². The van der Waals surface area contributed by atoms with Crippen molar-refractivity contribution in [2.45, 2.75) is 0 Å². The zero-order valence-electron chi connectivity index (χ0n) is 13.5. The zero-order valence-corrected chi connectivity index (χ0v) is 15.9. The first-order valence-electron chi connectivity index (χ1n) is 7.26. The summed E-state index contributed by atoms with van der Waals surface area (Å²) in [5.41, 5.74) is 4.79. The second-order valence-corrected chi connectivity index (χ2v) is 6.28. The smallest absolute Gasteiger partial charge is 0.338 e. The van der Waals surface area contributed by atoms with Gasteiger partial charge in [0.05, 0.1) is 18.2 Å². The first-order valence-corrected chi connectivity index (χ1v) is 8.43. The Morgan fingerprint density at radius 1 is 1.08 bits per heavy atom. The number of carbonyl (C=O) groups is 3. The molecular formula is C17H14BrClN2O5. The fourth-order valence-electron chi connectivity index (χ4n) is 1.89. The van der Waals surface area contributed by atoms with Gasteiger partial charge in [0.25, 0.3) is 11.8 Å². The van der Waals surface area contributed by atoms with Gasteiger partial charge in [-0.1, -0.05) is 27.5 Å². The highest BCUT2D eigenvalue weighted by atomic mass is 79.9. The molecule has 2 rings (SSSR count). The first-order chi connectivity index (χ1) is 12.4. The summed E-state index contributed by atoms with van der Waals surface area (Å²) in [6.07, 6.45) is 0. The van der Waals surface area contributed by atoms with E-state index < -0.39 is 24.4 Å². The second-order valence-electron chi connectivity index (χ2n) is 4.93. The number of hydrogen-bond donors (Lipinski definition) is 2. The lowest BCUT2D eigenvalue weighted by atomic mass is 10.2. The van der Waals surface area contributed by atoms with Crippen LogP contribution in [0.25, 0.3) is 0 Å². The molecule has 0 bridgehead atoms. The van der Waals surface area contributed by atoms with Crippen LogP contribution in [-0.2, 0) is 9.53 Å². The summed E-state index contributed by atoms with van der Waals surface area (Å²) >= 11 is 9.10. The van der Waals surface area contributed by atoms with Crippen LogP contribution >= 0.6 is 27.5 Å². The van der Waals surface area contributed by atoms with E-state index in [4.69, 9.17) is 21.1 Å². The summed E-state index contributed by atoms with van der Waals surface area (Å²) in [4.78, 5) is 35.6. The van der Waals surface area contributed by atoms with Gasteiger partial charge in [0, 0.05) is 9.50 Å². The third-order valence-corrected chi connectivity index (χ3v) is 3.90. The molecule has 0 saturated heterocycles. The van der Waals surface area contributed by atoms with Crippen LogP contribution in [0.3, 0.4) is 0 Å². The van der Waals surface area contributed by atoms with Crippen molar-refractivity contribution in [1.29, 1.82) is 0 Å². The van der Waals surface area contributed by atoms with Gasteiger partial charge in [0.1, 0.15) is 5.75 Å². The highest BCUT2D eigenvalue weighted by Crippen LogP contribution is 2.22. The monoisotopic (exact) mass is 440 g/mol. The van der Waals surface area contributed by atoms with Gasteiger partial charge in [-0.25, -0.2) is 4.79 Å². The minimum atomic E-state index is -0.704. The van der Waals surface area contributed by atoms with E-state index in [-0.39, 0.29) is 5.56 Å². The van der Waals surface area contributed by atoms with E-state index in [1.54, 1.807) is 30.3 Å². The number of ether oxygens (including phenoxy) is 2. The highest BCUT2D eigenvalue weighted by molar-refractivity contribution is 9.10. The molecule has 0 unspecified atom stereocenters. The Balaban J connectivity index is 1.85. The molecule has 136 valence electrons. The van der Waals surface area contributed by atoms with Crippen molar-refractivity contribution < 1.29 is 23.9 Å². The topological polar surface area (TPSA) is 93.7 Å². The van der Waals surface area contributed by atoms with E-state index in [0.29, 0.717) is 16.3 Å². The number of amides is 2. The predicted molar refractivity (Wildman–Crippen MR) is 98.0 cm³/mol. The molecule has 2 N–H and O–H groups in total. The number of halogens is 2. The molecule has 0 saturated carbocycles. The Kier molecular flexibility index (Phi) is 6.99. The second kappa shape index (κ2) is 9.21. The number of methoxy groups -OCH3 is 1. The van der Waals surface area contributed by atoms with Gasteiger partial charge in [-0.05, 0) is 42.5 Å². The highest BCUT2D eigenvalue weighted by Gasteiger charge is 2.15. The average Bonchev–Trinajstić information content (AvgIpc) is 2.64. The van der Waals surface area contributed by atoms with Crippen LogP contribution in [0.4, 0.5) is 0 Å². The van der Waals surface area contributed by atoms with Gasteiger partial charge >= 0.3 is 5.97 Å². The molecule has 0 atom stereocenters. The summed E-state index contributed by atoms with van der Waals surface area (Å²) < 4.78 is 10.7. The van der Waals surface area contributed by atoms with Crippen LogP contribution in [-0.4, -0.2) is 31.5 Å².